The molecule has 1 amide bonds. The number of rotatable bonds is 3. The molecule has 4 heteroatoms. The molecule has 2 atom stereocenters. The van der Waals surface area contributed by atoms with Crippen molar-refractivity contribution in [1.29, 1.82) is 0 Å². The second kappa shape index (κ2) is 4.74. The van der Waals surface area contributed by atoms with Gasteiger partial charge < -0.3 is 5.32 Å². The average molecular weight is 277 g/mol. The summed E-state index contributed by atoms with van der Waals surface area (Å²) >= 11 is 0. The van der Waals surface area contributed by atoms with Gasteiger partial charge in [0.05, 0.1) is 5.52 Å². The van der Waals surface area contributed by atoms with Crippen molar-refractivity contribution in [3.05, 3.63) is 65.9 Å². The average Bonchev–Trinajstić information content (AvgIpc) is 3.15. The van der Waals surface area contributed by atoms with E-state index in [-0.39, 0.29) is 11.9 Å². The molecular weight excluding hydrogens is 262 g/mol. The van der Waals surface area contributed by atoms with Crippen LogP contribution in [0.1, 0.15) is 28.4 Å². The Bertz CT molecular complexity index is 794. The SMILES string of the molecule is O=C(NC1CC1c1ccccc1)c1n[nH]c2ccccc12. The number of benzene rings is 2. The third-order valence-corrected chi connectivity index (χ3v) is 4.02. The summed E-state index contributed by atoms with van der Waals surface area (Å²) in [5.41, 5.74) is 2.65. The number of para-hydroxylation sites is 1. The first-order valence-corrected chi connectivity index (χ1v) is 7.12. The van der Waals surface area contributed by atoms with E-state index in [1.807, 2.05) is 42.5 Å². The number of carbonyl (C=O) groups excluding carboxylic acids is 1. The lowest BCUT2D eigenvalue weighted by Crippen LogP contribution is -2.27. The molecule has 1 saturated carbocycles. The second-order valence-electron chi connectivity index (χ2n) is 5.45. The maximum atomic E-state index is 12.4. The monoisotopic (exact) mass is 277 g/mol. The Labute approximate surface area is 122 Å². The van der Waals surface area contributed by atoms with E-state index in [2.05, 4.69) is 27.6 Å². The summed E-state index contributed by atoms with van der Waals surface area (Å²) in [4.78, 5) is 12.4. The molecule has 0 saturated heterocycles. The number of aromatic amines is 1. The van der Waals surface area contributed by atoms with Crippen molar-refractivity contribution in [2.75, 3.05) is 0 Å². The zero-order valence-corrected chi connectivity index (χ0v) is 11.4. The Morgan fingerprint density at radius 2 is 1.86 bits per heavy atom. The lowest BCUT2D eigenvalue weighted by atomic mass is 10.1. The van der Waals surface area contributed by atoms with Gasteiger partial charge in [0.2, 0.25) is 0 Å². The molecule has 0 radical (unpaired) electrons. The molecule has 1 fully saturated rings. The van der Waals surface area contributed by atoms with E-state index in [0.29, 0.717) is 11.6 Å². The van der Waals surface area contributed by atoms with E-state index in [1.165, 1.54) is 5.56 Å². The largest absolute Gasteiger partial charge is 0.347 e. The Balaban J connectivity index is 1.50. The Hall–Kier alpha value is -2.62. The predicted octanol–water partition coefficient (Wildman–Crippen LogP) is 2.85. The summed E-state index contributed by atoms with van der Waals surface area (Å²) in [5.74, 6) is 0.330. The Morgan fingerprint density at radius 3 is 2.71 bits per heavy atom. The molecule has 4 nitrogen and oxygen atoms in total. The van der Waals surface area contributed by atoms with Gasteiger partial charge in [0.1, 0.15) is 0 Å². The topological polar surface area (TPSA) is 57.8 Å². The minimum absolute atomic E-state index is 0.101. The van der Waals surface area contributed by atoms with E-state index >= 15 is 0 Å². The molecule has 4 rings (SSSR count). The highest BCUT2D eigenvalue weighted by atomic mass is 16.2. The van der Waals surface area contributed by atoms with Crippen molar-refractivity contribution >= 4 is 16.8 Å². The number of nitrogens with zero attached hydrogens (tertiary/aromatic N) is 1. The van der Waals surface area contributed by atoms with Crippen molar-refractivity contribution in [2.24, 2.45) is 0 Å². The highest BCUT2D eigenvalue weighted by molar-refractivity contribution is 6.04. The zero-order chi connectivity index (χ0) is 14.2. The molecule has 0 bridgehead atoms. The molecule has 0 spiro atoms. The summed E-state index contributed by atoms with van der Waals surface area (Å²) in [7, 11) is 0. The summed E-state index contributed by atoms with van der Waals surface area (Å²) in [5, 5.41) is 11.0. The standard InChI is InChI=1S/C17H15N3O/c21-17(16-12-8-4-5-9-14(12)19-20-16)18-15-10-13(15)11-6-2-1-3-7-11/h1-9,13,15H,10H2,(H,18,21)(H,19,20). The molecule has 1 heterocycles. The number of amides is 1. The molecular formula is C17H15N3O. The Morgan fingerprint density at radius 1 is 1.10 bits per heavy atom. The van der Waals surface area contributed by atoms with Gasteiger partial charge in [-0.2, -0.15) is 5.10 Å². The fraction of sp³-hybridized carbons (Fsp3) is 0.176. The fourth-order valence-electron chi connectivity index (χ4n) is 2.80. The van der Waals surface area contributed by atoms with E-state index in [1.54, 1.807) is 0 Å². The van der Waals surface area contributed by atoms with Gasteiger partial charge in [-0.05, 0) is 18.1 Å². The van der Waals surface area contributed by atoms with Gasteiger partial charge in [0.25, 0.3) is 5.91 Å². The number of carbonyl (C=O) groups is 1. The number of nitrogens with one attached hydrogen (secondary N) is 2. The van der Waals surface area contributed by atoms with Crippen LogP contribution in [0, 0.1) is 0 Å². The minimum atomic E-state index is -0.101. The fourth-order valence-corrected chi connectivity index (χ4v) is 2.80. The number of aromatic nitrogens is 2. The van der Waals surface area contributed by atoms with Crippen LogP contribution < -0.4 is 5.32 Å². The third kappa shape index (κ3) is 2.18. The number of fused-ring (bicyclic) bond motifs is 1. The maximum absolute atomic E-state index is 12.4. The molecule has 3 aromatic rings. The molecule has 2 N–H and O–H groups in total. The van der Waals surface area contributed by atoms with E-state index in [9.17, 15) is 4.79 Å². The van der Waals surface area contributed by atoms with Crippen LogP contribution in [0.15, 0.2) is 54.6 Å². The van der Waals surface area contributed by atoms with Gasteiger partial charge in [0, 0.05) is 17.3 Å². The van der Waals surface area contributed by atoms with Gasteiger partial charge >= 0.3 is 0 Å². The number of hydrogen-bond donors (Lipinski definition) is 2. The predicted molar refractivity (Wildman–Crippen MR) is 81.1 cm³/mol. The number of H-pyrrole nitrogens is 1. The van der Waals surface area contributed by atoms with Crippen LogP contribution in [-0.2, 0) is 0 Å². The maximum Gasteiger partial charge on any atom is 0.272 e. The number of hydrogen-bond acceptors (Lipinski definition) is 2. The lowest BCUT2D eigenvalue weighted by molar-refractivity contribution is 0.0947. The zero-order valence-electron chi connectivity index (χ0n) is 11.4. The summed E-state index contributed by atoms with van der Waals surface area (Å²) < 4.78 is 0. The first-order valence-electron chi connectivity index (χ1n) is 7.12. The highest BCUT2D eigenvalue weighted by Crippen LogP contribution is 2.40. The van der Waals surface area contributed by atoms with Crippen molar-refractivity contribution in [2.45, 2.75) is 18.4 Å². The third-order valence-electron chi connectivity index (χ3n) is 4.02. The van der Waals surface area contributed by atoms with Crippen molar-refractivity contribution in [3.8, 4) is 0 Å². The smallest absolute Gasteiger partial charge is 0.272 e. The minimum Gasteiger partial charge on any atom is -0.347 e. The van der Waals surface area contributed by atoms with Crippen molar-refractivity contribution in [3.63, 3.8) is 0 Å². The van der Waals surface area contributed by atoms with Crippen molar-refractivity contribution < 1.29 is 4.79 Å². The first-order chi connectivity index (χ1) is 10.3. The first kappa shape index (κ1) is 12.1. The van der Waals surface area contributed by atoms with Crippen LogP contribution in [0.25, 0.3) is 10.9 Å². The normalized spacial score (nSPS) is 20.4. The second-order valence-corrected chi connectivity index (χ2v) is 5.45. The van der Waals surface area contributed by atoms with Crippen LogP contribution >= 0.6 is 0 Å². The van der Waals surface area contributed by atoms with Crippen molar-refractivity contribution in [1.82, 2.24) is 15.5 Å². The molecule has 2 unspecified atom stereocenters. The summed E-state index contributed by atoms with van der Waals surface area (Å²) in [6.45, 7) is 0. The molecule has 1 aliphatic rings. The molecule has 1 aromatic heterocycles. The van der Waals surface area contributed by atoms with E-state index in [4.69, 9.17) is 0 Å². The molecule has 21 heavy (non-hydrogen) atoms. The van der Waals surface area contributed by atoms with E-state index in [0.717, 1.165) is 17.3 Å². The van der Waals surface area contributed by atoms with E-state index < -0.39 is 0 Å². The van der Waals surface area contributed by atoms with Gasteiger partial charge in [-0.1, -0.05) is 48.5 Å². The van der Waals surface area contributed by atoms with Gasteiger partial charge in [0.15, 0.2) is 5.69 Å². The van der Waals surface area contributed by atoms with Gasteiger partial charge in [-0.25, -0.2) is 0 Å². The molecule has 1 aliphatic carbocycles. The van der Waals surface area contributed by atoms with Gasteiger partial charge in [-0.3, -0.25) is 9.89 Å². The summed E-state index contributed by atoms with van der Waals surface area (Å²) in [6, 6.07) is 18.2. The Kier molecular flexibility index (Phi) is 2.74. The van der Waals surface area contributed by atoms with Crippen LogP contribution in [0.2, 0.25) is 0 Å². The quantitative estimate of drug-likeness (QED) is 0.773. The summed E-state index contributed by atoms with van der Waals surface area (Å²) in [6.07, 6.45) is 0.998. The molecule has 0 aliphatic heterocycles. The lowest BCUT2D eigenvalue weighted by Gasteiger charge is -2.03. The molecule has 2 aromatic carbocycles. The molecule has 104 valence electrons. The van der Waals surface area contributed by atoms with Crippen LogP contribution in [0.5, 0.6) is 0 Å². The van der Waals surface area contributed by atoms with Crippen LogP contribution in [0.3, 0.4) is 0 Å². The van der Waals surface area contributed by atoms with Gasteiger partial charge in [-0.15, -0.1) is 0 Å². The van der Waals surface area contributed by atoms with Crippen LogP contribution in [0.4, 0.5) is 0 Å². The highest BCUT2D eigenvalue weighted by Gasteiger charge is 2.39. The van der Waals surface area contributed by atoms with Crippen LogP contribution in [-0.4, -0.2) is 22.1 Å².